The van der Waals surface area contributed by atoms with Gasteiger partial charge in [-0.1, -0.05) is 46.6 Å². The Morgan fingerprint density at radius 2 is 1.71 bits per heavy atom. The van der Waals surface area contributed by atoms with E-state index in [1.165, 1.54) is 0 Å². The smallest absolute Gasteiger partial charge is 0.0608 e. The summed E-state index contributed by atoms with van der Waals surface area (Å²) in [6.45, 7) is 0.534. The number of benzene rings is 1. The van der Waals surface area contributed by atoms with Crippen LogP contribution in [0.5, 0.6) is 0 Å². The van der Waals surface area contributed by atoms with Crippen molar-refractivity contribution in [2.24, 2.45) is 5.73 Å². The summed E-state index contributed by atoms with van der Waals surface area (Å²) >= 11 is 17.5. The van der Waals surface area contributed by atoms with E-state index in [9.17, 15) is 0 Å². The van der Waals surface area contributed by atoms with Gasteiger partial charge in [0.05, 0.1) is 15.1 Å². The fraction of sp³-hybridized carbons (Fsp3) is 0.200. The minimum Gasteiger partial charge on any atom is -0.330 e. The van der Waals surface area contributed by atoms with Gasteiger partial charge in [0, 0.05) is 18.5 Å². The summed E-state index contributed by atoms with van der Waals surface area (Å²) in [7, 11) is 0. The van der Waals surface area contributed by atoms with Crippen LogP contribution in [-0.4, -0.2) is 6.54 Å². The van der Waals surface area contributed by atoms with Crippen molar-refractivity contribution >= 4 is 34.8 Å². The molecule has 1 nitrogen and oxygen atoms in total. The Labute approximate surface area is 98.1 Å². The van der Waals surface area contributed by atoms with Crippen molar-refractivity contribution in [1.82, 2.24) is 0 Å². The molecule has 2 N–H and O–H groups in total. The predicted octanol–water partition coefficient (Wildman–Crippen LogP) is 3.35. The van der Waals surface area contributed by atoms with Crippen molar-refractivity contribution in [3.8, 4) is 11.8 Å². The maximum Gasteiger partial charge on any atom is 0.0608 e. The van der Waals surface area contributed by atoms with Gasteiger partial charge in [-0.15, -0.1) is 0 Å². The normalized spacial score (nSPS) is 9.43. The van der Waals surface area contributed by atoms with E-state index >= 15 is 0 Å². The van der Waals surface area contributed by atoms with Crippen molar-refractivity contribution in [3.63, 3.8) is 0 Å². The molecular formula is C10H8Cl3N. The molecule has 0 bridgehead atoms. The van der Waals surface area contributed by atoms with Crippen LogP contribution in [0.1, 0.15) is 12.0 Å². The first-order valence-corrected chi connectivity index (χ1v) is 5.12. The molecule has 0 unspecified atom stereocenters. The Morgan fingerprint density at radius 1 is 1.07 bits per heavy atom. The molecule has 0 atom stereocenters. The van der Waals surface area contributed by atoms with Gasteiger partial charge < -0.3 is 5.73 Å². The molecule has 0 saturated heterocycles. The zero-order valence-corrected chi connectivity index (χ0v) is 9.55. The second-order valence-corrected chi connectivity index (χ2v) is 3.81. The molecule has 0 aliphatic carbocycles. The molecule has 0 amide bonds. The van der Waals surface area contributed by atoms with Gasteiger partial charge in [-0.3, -0.25) is 0 Å². The van der Waals surface area contributed by atoms with E-state index in [1.807, 2.05) is 0 Å². The number of hydrogen-bond acceptors (Lipinski definition) is 1. The third-order valence-corrected chi connectivity index (χ3v) is 2.54. The van der Waals surface area contributed by atoms with E-state index in [1.54, 1.807) is 12.1 Å². The van der Waals surface area contributed by atoms with Crippen molar-refractivity contribution in [1.29, 1.82) is 0 Å². The van der Waals surface area contributed by atoms with Gasteiger partial charge in [-0.25, -0.2) is 0 Å². The number of halogens is 3. The summed E-state index contributed by atoms with van der Waals surface area (Å²) < 4.78 is 0. The molecule has 14 heavy (non-hydrogen) atoms. The van der Waals surface area contributed by atoms with Crippen molar-refractivity contribution < 1.29 is 0 Å². The topological polar surface area (TPSA) is 26.0 Å². The summed E-state index contributed by atoms with van der Waals surface area (Å²) in [6, 6.07) is 3.23. The molecule has 0 fully saturated rings. The van der Waals surface area contributed by atoms with Gasteiger partial charge in [0.1, 0.15) is 0 Å². The van der Waals surface area contributed by atoms with Crippen LogP contribution in [0.3, 0.4) is 0 Å². The summed E-state index contributed by atoms with van der Waals surface area (Å²) in [5.41, 5.74) is 5.98. The van der Waals surface area contributed by atoms with Gasteiger partial charge in [0.15, 0.2) is 0 Å². The molecule has 0 aliphatic rings. The molecular weight excluding hydrogens is 240 g/mol. The van der Waals surface area contributed by atoms with Crippen molar-refractivity contribution in [2.45, 2.75) is 6.42 Å². The van der Waals surface area contributed by atoms with Crippen LogP contribution in [0.25, 0.3) is 0 Å². The van der Waals surface area contributed by atoms with Crippen LogP contribution in [-0.2, 0) is 0 Å². The molecule has 0 heterocycles. The van der Waals surface area contributed by atoms with Crippen molar-refractivity contribution in [2.75, 3.05) is 6.54 Å². The molecule has 1 rings (SSSR count). The molecule has 0 saturated carbocycles. The third-order valence-electron chi connectivity index (χ3n) is 1.50. The lowest BCUT2D eigenvalue weighted by Gasteiger charge is -1.99. The van der Waals surface area contributed by atoms with E-state index in [0.29, 0.717) is 33.6 Å². The highest BCUT2D eigenvalue weighted by Gasteiger charge is 2.03. The Balaban J connectivity index is 3.00. The molecule has 0 spiro atoms. The average Bonchev–Trinajstić information content (AvgIpc) is 2.14. The van der Waals surface area contributed by atoms with Crippen LogP contribution >= 0.6 is 34.8 Å². The molecule has 0 aromatic heterocycles. The van der Waals surface area contributed by atoms with E-state index in [2.05, 4.69) is 11.8 Å². The lowest BCUT2D eigenvalue weighted by Crippen LogP contribution is -1.95. The molecule has 1 aromatic rings. The quantitative estimate of drug-likeness (QED) is 0.599. The lowest BCUT2D eigenvalue weighted by atomic mass is 10.2. The van der Waals surface area contributed by atoms with Gasteiger partial charge in [-0.2, -0.15) is 0 Å². The highest BCUT2D eigenvalue weighted by atomic mass is 35.5. The van der Waals surface area contributed by atoms with E-state index in [-0.39, 0.29) is 0 Å². The zero-order chi connectivity index (χ0) is 10.6. The van der Waals surface area contributed by atoms with Crippen LogP contribution in [0.2, 0.25) is 15.1 Å². The van der Waals surface area contributed by atoms with Gasteiger partial charge in [0.2, 0.25) is 0 Å². The lowest BCUT2D eigenvalue weighted by molar-refractivity contribution is 1.03. The minimum absolute atomic E-state index is 0.432. The number of nitrogens with two attached hydrogens (primary N) is 1. The molecule has 0 aliphatic heterocycles. The second-order valence-electron chi connectivity index (χ2n) is 2.59. The minimum atomic E-state index is 0.432. The first-order chi connectivity index (χ1) is 6.65. The molecule has 74 valence electrons. The van der Waals surface area contributed by atoms with Gasteiger partial charge >= 0.3 is 0 Å². The molecule has 4 heteroatoms. The predicted molar refractivity (Wildman–Crippen MR) is 62.0 cm³/mol. The first-order valence-electron chi connectivity index (χ1n) is 3.98. The first kappa shape index (κ1) is 11.7. The summed E-state index contributed by atoms with van der Waals surface area (Å²) in [6.07, 6.45) is 0.635. The molecule has 0 radical (unpaired) electrons. The van der Waals surface area contributed by atoms with Crippen LogP contribution in [0.15, 0.2) is 12.1 Å². The van der Waals surface area contributed by atoms with Crippen molar-refractivity contribution in [3.05, 3.63) is 32.8 Å². The van der Waals surface area contributed by atoms with E-state index in [0.717, 1.165) is 0 Å². The van der Waals surface area contributed by atoms with E-state index < -0.39 is 0 Å². The maximum absolute atomic E-state index is 5.90. The fourth-order valence-corrected chi connectivity index (χ4v) is 1.44. The summed E-state index contributed by atoms with van der Waals surface area (Å²) in [5, 5.41) is 1.39. The van der Waals surface area contributed by atoms with Gasteiger partial charge in [-0.05, 0) is 12.1 Å². The Kier molecular flexibility index (Phi) is 4.57. The van der Waals surface area contributed by atoms with Crippen LogP contribution < -0.4 is 5.73 Å². The average molecular weight is 249 g/mol. The van der Waals surface area contributed by atoms with Crippen LogP contribution in [0, 0.1) is 11.8 Å². The highest BCUT2D eigenvalue weighted by Crippen LogP contribution is 2.28. The van der Waals surface area contributed by atoms with Gasteiger partial charge in [0.25, 0.3) is 0 Å². The molecule has 1 aromatic carbocycles. The zero-order valence-electron chi connectivity index (χ0n) is 7.28. The van der Waals surface area contributed by atoms with Crippen LogP contribution in [0.4, 0.5) is 0 Å². The highest BCUT2D eigenvalue weighted by molar-refractivity contribution is 6.43. The SMILES string of the molecule is NCCC#Cc1cc(Cl)c(Cl)cc1Cl. The number of hydrogen-bond donors (Lipinski definition) is 1. The maximum atomic E-state index is 5.90. The number of rotatable bonds is 1. The summed E-state index contributed by atoms with van der Waals surface area (Å²) in [5.74, 6) is 5.75. The Morgan fingerprint density at radius 3 is 2.36 bits per heavy atom. The Hall–Kier alpha value is -0.390. The van der Waals surface area contributed by atoms with E-state index in [4.69, 9.17) is 40.5 Å². The monoisotopic (exact) mass is 247 g/mol. The third kappa shape index (κ3) is 3.08. The Bertz CT molecular complexity index is 390. The fourth-order valence-electron chi connectivity index (χ4n) is 0.848. The summed E-state index contributed by atoms with van der Waals surface area (Å²) in [4.78, 5) is 0. The largest absolute Gasteiger partial charge is 0.330 e. The standard InChI is InChI=1S/C10H8Cl3N/c11-8-6-10(13)9(12)5-7(8)3-1-2-4-14/h5-6H,2,4,14H2. The second kappa shape index (κ2) is 5.48.